The van der Waals surface area contributed by atoms with Crippen LogP contribution in [-0.2, 0) is 16.1 Å². The third-order valence-electron chi connectivity index (χ3n) is 3.92. The molecule has 1 unspecified atom stereocenters. The molecule has 1 saturated heterocycles. The van der Waals surface area contributed by atoms with Gasteiger partial charge in [-0.15, -0.1) is 0 Å². The minimum Gasteiger partial charge on any atom is -0.376 e. The summed E-state index contributed by atoms with van der Waals surface area (Å²) in [6, 6.07) is 3.16. The summed E-state index contributed by atoms with van der Waals surface area (Å²) in [5, 5.41) is 17.7. The summed E-state index contributed by atoms with van der Waals surface area (Å²) in [5.74, 6) is -1.18. The number of hydrogen-bond acceptors (Lipinski definition) is 5. The molecule has 0 spiro atoms. The number of anilines is 1. The van der Waals surface area contributed by atoms with Gasteiger partial charge in [0.1, 0.15) is 5.82 Å². The SMILES string of the molecule is O=C(C=Cc1ccc(F)cc1[N+](=O)[O-])Nc1cnn(CC2CCCO2)c1. The Morgan fingerprint density at radius 3 is 3.12 bits per heavy atom. The first-order valence-corrected chi connectivity index (χ1v) is 8.08. The monoisotopic (exact) mass is 360 g/mol. The third-order valence-corrected chi connectivity index (χ3v) is 3.92. The standard InChI is InChI=1S/C17H17FN4O4/c18-13-5-3-12(16(8-13)22(24)25)4-6-17(23)20-14-9-19-21(10-14)11-15-2-1-7-26-15/h3-6,8-10,15H,1-2,7,11H2,(H,20,23). The number of rotatable bonds is 6. The molecule has 1 N–H and O–H groups in total. The Hall–Kier alpha value is -3.07. The highest BCUT2D eigenvalue weighted by molar-refractivity contribution is 6.02. The van der Waals surface area contributed by atoms with Crippen molar-refractivity contribution in [2.24, 2.45) is 0 Å². The van der Waals surface area contributed by atoms with Crippen molar-refractivity contribution in [3.63, 3.8) is 0 Å². The number of carbonyl (C=O) groups is 1. The molecule has 9 heteroatoms. The van der Waals surface area contributed by atoms with Crippen molar-refractivity contribution in [3.05, 3.63) is 58.2 Å². The molecular weight excluding hydrogens is 343 g/mol. The van der Waals surface area contributed by atoms with E-state index in [0.717, 1.165) is 37.7 Å². The summed E-state index contributed by atoms with van der Waals surface area (Å²) in [4.78, 5) is 22.2. The molecule has 3 rings (SSSR count). The van der Waals surface area contributed by atoms with Crippen LogP contribution in [0.5, 0.6) is 0 Å². The van der Waals surface area contributed by atoms with Gasteiger partial charge in [0.15, 0.2) is 0 Å². The molecule has 26 heavy (non-hydrogen) atoms. The topological polar surface area (TPSA) is 99.3 Å². The Balaban J connectivity index is 1.61. The molecule has 0 aliphatic carbocycles. The lowest BCUT2D eigenvalue weighted by Gasteiger charge is -2.08. The second kappa shape index (κ2) is 7.87. The summed E-state index contributed by atoms with van der Waals surface area (Å²) < 4.78 is 20.3. The van der Waals surface area contributed by atoms with Gasteiger partial charge in [-0.3, -0.25) is 19.6 Å². The van der Waals surface area contributed by atoms with Gasteiger partial charge in [-0.05, 0) is 31.1 Å². The van der Waals surface area contributed by atoms with Crippen molar-refractivity contribution in [1.29, 1.82) is 0 Å². The Morgan fingerprint density at radius 1 is 1.54 bits per heavy atom. The summed E-state index contributed by atoms with van der Waals surface area (Å²) in [7, 11) is 0. The molecule has 1 aliphatic heterocycles. The van der Waals surface area contributed by atoms with Crippen molar-refractivity contribution < 1.29 is 18.8 Å². The molecule has 136 valence electrons. The second-order valence-corrected chi connectivity index (χ2v) is 5.87. The van der Waals surface area contributed by atoms with E-state index in [2.05, 4.69) is 10.4 Å². The van der Waals surface area contributed by atoms with Gasteiger partial charge in [0.25, 0.3) is 5.69 Å². The summed E-state index contributed by atoms with van der Waals surface area (Å²) in [6.07, 6.45) is 7.78. The van der Waals surface area contributed by atoms with Gasteiger partial charge in [0, 0.05) is 18.9 Å². The van der Waals surface area contributed by atoms with Crippen molar-refractivity contribution in [2.45, 2.75) is 25.5 Å². The van der Waals surface area contributed by atoms with Crippen LogP contribution in [0.3, 0.4) is 0 Å². The van der Waals surface area contributed by atoms with E-state index >= 15 is 0 Å². The number of amides is 1. The largest absolute Gasteiger partial charge is 0.376 e. The molecule has 0 saturated carbocycles. The van der Waals surface area contributed by atoms with Gasteiger partial charge in [0.05, 0.1) is 41.1 Å². The van der Waals surface area contributed by atoms with E-state index in [1.165, 1.54) is 18.3 Å². The van der Waals surface area contributed by atoms with Gasteiger partial charge in [-0.1, -0.05) is 0 Å². The summed E-state index contributed by atoms with van der Waals surface area (Å²) in [6.45, 7) is 1.38. The van der Waals surface area contributed by atoms with Crippen molar-refractivity contribution >= 4 is 23.4 Å². The van der Waals surface area contributed by atoms with Crippen LogP contribution < -0.4 is 5.32 Å². The molecule has 1 amide bonds. The lowest BCUT2D eigenvalue weighted by Crippen LogP contribution is -2.15. The minimum atomic E-state index is -0.711. The highest BCUT2D eigenvalue weighted by Gasteiger charge is 2.16. The van der Waals surface area contributed by atoms with Crippen LogP contribution in [-0.4, -0.2) is 33.3 Å². The predicted octanol–water partition coefficient (Wildman–Crippen LogP) is 2.76. The van der Waals surface area contributed by atoms with Crippen LogP contribution in [0.4, 0.5) is 15.8 Å². The molecule has 1 aromatic heterocycles. The fourth-order valence-corrected chi connectivity index (χ4v) is 2.69. The number of nitro benzene ring substituents is 1. The Morgan fingerprint density at radius 2 is 2.38 bits per heavy atom. The fourth-order valence-electron chi connectivity index (χ4n) is 2.69. The maximum absolute atomic E-state index is 13.1. The number of nitrogens with zero attached hydrogens (tertiary/aromatic N) is 3. The molecule has 1 aromatic carbocycles. The van der Waals surface area contributed by atoms with E-state index in [1.54, 1.807) is 10.9 Å². The van der Waals surface area contributed by atoms with E-state index < -0.39 is 22.3 Å². The zero-order valence-corrected chi connectivity index (χ0v) is 13.8. The fraction of sp³-hybridized carbons (Fsp3) is 0.294. The van der Waals surface area contributed by atoms with Crippen molar-refractivity contribution in [3.8, 4) is 0 Å². The number of benzene rings is 1. The normalized spacial score (nSPS) is 16.9. The summed E-state index contributed by atoms with van der Waals surface area (Å²) >= 11 is 0. The number of aromatic nitrogens is 2. The lowest BCUT2D eigenvalue weighted by molar-refractivity contribution is -0.385. The zero-order valence-electron chi connectivity index (χ0n) is 13.8. The van der Waals surface area contributed by atoms with Crippen LogP contribution in [0, 0.1) is 15.9 Å². The van der Waals surface area contributed by atoms with E-state index in [-0.39, 0.29) is 11.7 Å². The molecular formula is C17H17FN4O4. The summed E-state index contributed by atoms with van der Waals surface area (Å²) in [5.41, 5.74) is 0.241. The van der Waals surface area contributed by atoms with E-state index in [0.29, 0.717) is 12.2 Å². The molecule has 8 nitrogen and oxygen atoms in total. The first-order valence-electron chi connectivity index (χ1n) is 8.08. The molecule has 2 heterocycles. The first kappa shape index (κ1) is 17.7. The number of hydrogen-bond donors (Lipinski definition) is 1. The van der Waals surface area contributed by atoms with Crippen LogP contribution in [0.1, 0.15) is 18.4 Å². The van der Waals surface area contributed by atoms with Gasteiger partial charge in [-0.2, -0.15) is 5.10 Å². The maximum atomic E-state index is 13.1. The Kier molecular flexibility index (Phi) is 5.37. The van der Waals surface area contributed by atoms with E-state index in [1.807, 2.05) is 0 Å². The molecule has 0 bridgehead atoms. The number of halogens is 1. The molecule has 1 atom stereocenters. The second-order valence-electron chi connectivity index (χ2n) is 5.87. The lowest BCUT2D eigenvalue weighted by atomic mass is 10.1. The molecule has 0 radical (unpaired) electrons. The van der Waals surface area contributed by atoms with Gasteiger partial charge in [0.2, 0.25) is 5.91 Å². The molecule has 1 fully saturated rings. The number of nitro groups is 1. The van der Waals surface area contributed by atoms with Crippen molar-refractivity contribution in [2.75, 3.05) is 11.9 Å². The Bertz CT molecular complexity index is 843. The number of ether oxygens (including phenoxy) is 1. The van der Waals surface area contributed by atoms with Crippen LogP contribution in [0.15, 0.2) is 36.7 Å². The number of nitrogens with one attached hydrogen (secondary N) is 1. The Labute approximate surface area is 148 Å². The quantitative estimate of drug-likeness (QED) is 0.485. The zero-order chi connectivity index (χ0) is 18.5. The highest BCUT2D eigenvalue weighted by Crippen LogP contribution is 2.21. The highest BCUT2D eigenvalue weighted by atomic mass is 19.1. The van der Waals surface area contributed by atoms with Gasteiger partial charge in [-0.25, -0.2) is 4.39 Å². The first-order chi connectivity index (χ1) is 12.5. The molecule has 2 aromatic rings. The van der Waals surface area contributed by atoms with Crippen molar-refractivity contribution in [1.82, 2.24) is 9.78 Å². The van der Waals surface area contributed by atoms with E-state index in [4.69, 9.17) is 4.74 Å². The predicted molar refractivity (Wildman–Crippen MR) is 91.9 cm³/mol. The van der Waals surface area contributed by atoms with Crippen LogP contribution in [0.2, 0.25) is 0 Å². The van der Waals surface area contributed by atoms with Gasteiger partial charge < -0.3 is 10.1 Å². The number of carbonyl (C=O) groups excluding carboxylic acids is 1. The molecule has 1 aliphatic rings. The average molecular weight is 360 g/mol. The maximum Gasteiger partial charge on any atom is 0.279 e. The van der Waals surface area contributed by atoms with E-state index in [9.17, 15) is 19.3 Å². The third kappa shape index (κ3) is 4.51. The van der Waals surface area contributed by atoms with Crippen LogP contribution >= 0.6 is 0 Å². The van der Waals surface area contributed by atoms with Gasteiger partial charge >= 0.3 is 0 Å². The van der Waals surface area contributed by atoms with Crippen LogP contribution in [0.25, 0.3) is 6.08 Å². The smallest absolute Gasteiger partial charge is 0.279 e. The minimum absolute atomic E-state index is 0.136. The average Bonchev–Trinajstić information content (AvgIpc) is 3.26.